The standard InChI is InChI=1S/C25H28ClN3O3S/c26-23-11-3-4-12-24(23)27-25(30)19-28-14-6-15-29(17-16-28)33(31,32)18-13-21-9-5-8-20-7-1-2-10-22(20)21/h1-5,7-12H,6,13-19H2,(H,27,30). The molecule has 174 valence electrons. The molecule has 1 aliphatic heterocycles. The summed E-state index contributed by atoms with van der Waals surface area (Å²) < 4.78 is 27.7. The van der Waals surface area contributed by atoms with Crippen LogP contribution in [0.4, 0.5) is 5.69 Å². The molecule has 0 aromatic heterocycles. The van der Waals surface area contributed by atoms with E-state index in [4.69, 9.17) is 11.6 Å². The van der Waals surface area contributed by atoms with E-state index in [1.807, 2.05) is 59.5 Å². The third-order valence-electron chi connectivity index (χ3n) is 5.97. The molecule has 6 nitrogen and oxygen atoms in total. The van der Waals surface area contributed by atoms with Crippen molar-refractivity contribution in [3.8, 4) is 0 Å². The number of amides is 1. The topological polar surface area (TPSA) is 69.7 Å². The Bertz CT molecular complexity index is 1230. The van der Waals surface area contributed by atoms with Gasteiger partial charge in [-0.05, 0) is 47.9 Å². The molecule has 1 fully saturated rings. The van der Waals surface area contributed by atoms with Crippen LogP contribution in [0.2, 0.25) is 5.02 Å². The lowest BCUT2D eigenvalue weighted by Crippen LogP contribution is -2.39. The van der Waals surface area contributed by atoms with Crippen LogP contribution in [0.3, 0.4) is 0 Å². The number of carbonyl (C=O) groups excluding carboxylic acids is 1. The van der Waals surface area contributed by atoms with Gasteiger partial charge in [-0.15, -0.1) is 0 Å². The maximum Gasteiger partial charge on any atom is 0.238 e. The average molecular weight is 486 g/mol. The van der Waals surface area contributed by atoms with Crippen molar-refractivity contribution in [2.45, 2.75) is 12.8 Å². The zero-order valence-corrected chi connectivity index (χ0v) is 20.0. The van der Waals surface area contributed by atoms with Crippen molar-refractivity contribution in [1.82, 2.24) is 9.21 Å². The van der Waals surface area contributed by atoms with E-state index in [1.54, 1.807) is 16.4 Å². The Balaban J connectivity index is 1.32. The predicted molar refractivity (Wildman–Crippen MR) is 134 cm³/mol. The second-order valence-electron chi connectivity index (χ2n) is 8.26. The number of aryl methyl sites for hydroxylation is 1. The van der Waals surface area contributed by atoms with Crippen LogP contribution in [0.25, 0.3) is 10.8 Å². The summed E-state index contributed by atoms with van der Waals surface area (Å²) in [6.07, 6.45) is 1.16. The third-order valence-corrected chi connectivity index (χ3v) is 8.17. The molecule has 0 radical (unpaired) electrons. The third kappa shape index (κ3) is 6.12. The predicted octanol–water partition coefficient (Wildman–Crippen LogP) is 4.01. The number of halogens is 1. The lowest BCUT2D eigenvalue weighted by Gasteiger charge is -2.21. The molecule has 1 heterocycles. The van der Waals surface area contributed by atoms with Gasteiger partial charge in [-0.25, -0.2) is 12.7 Å². The van der Waals surface area contributed by atoms with Crippen molar-refractivity contribution in [2.75, 3.05) is 43.8 Å². The highest BCUT2D eigenvalue weighted by molar-refractivity contribution is 7.89. The molecule has 4 rings (SSSR count). The van der Waals surface area contributed by atoms with Crippen LogP contribution < -0.4 is 5.32 Å². The fourth-order valence-corrected chi connectivity index (χ4v) is 5.90. The zero-order chi connectivity index (χ0) is 23.3. The van der Waals surface area contributed by atoms with Crippen LogP contribution in [0.1, 0.15) is 12.0 Å². The number of hydrogen-bond donors (Lipinski definition) is 1. The largest absolute Gasteiger partial charge is 0.324 e. The Morgan fingerprint density at radius 1 is 0.909 bits per heavy atom. The minimum Gasteiger partial charge on any atom is -0.324 e. The summed E-state index contributed by atoms with van der Waals surface area (Å²) in [5, 5.41) is 5.54. The molecule has 3 aromatic carbocycles. The van der Waals surface area contributed by atoms with Crippen molar-refractivity contribution in [2.24, 2.45) is 0 Å². The smallest absolute Gasteiger partial charge is 0.238 e. The molecule has 1 N–H and O–H groups in total. The van der Waals surface area contributed by atoms with Gasteiger partial charge in [0.2, 0.25) is 15.9 Å². The molecule has 0 atom stereocenters. The summed E-state index contributed by atoms with van der Waals surface area (Å²) in [5.74, 6) is -0.0797. The van der Waals surface area contributed by atoms with Gasteiger partial charge in [0.25, 0.3) is 0 Å². The minimum absolute atomic E-state index is 0.0774. The fourth-order valence-electron chi connectivity index (χ4n) is 4.22. The number of rotatable bonds is 7. The van der Waals surface area contributed by atoms with Gasteiger partial charge in [0, 0.05) is 19.6 Å². The average Bonchev–Trinajstić information content (AvgIpc) is 3.05. The first-order valence-electron chi connectivity index (χ1n) is 11.1. The number of nitrogens with one attached hydrogen (secondary N) is 1. The number of benzene rings is 3. The quantitative estimate of drug-likeness (QED) is 0.549. The van der Waals surface area contributed by atoms with Gasteiger partial charge in [-0.1, -0.05) is 66.2 Å². The number of para-hydroxylation sites is 1. The minimum atomic E-state index is -3.39. The molecule has 3 aromatic rings. The maximum atomic E-state index is 13.1. The zero-order valence-electron chi connectivity index (χ0n) is 18.4. The van der Waals surface area contributed by atoms with Gasteiger partial charge in [-0.2, -0.15) is 0 Å². The van der Waals surface area contributed by atoms with E-state index in [0.29, 0.717) is 49.7 Å². The molecule has 33 heavy (non-hydrogen) atoms. The monoisotopic (exact) mass is 485 g/mol. The molecule has 8 heteroatoms. The molecule has 0 unspecified atom stereocenters. The van der Waals surface area contributed by atoms with E-state index in [1.165, 1.54) is 0 Å². The van der Waals surface area contributed by atoms with Crippen LogP contribution in [-0.4, -0.2) is 62.0 Å². The van der Waals surface area contributed by atoms with E-state index in [-0.39, 0.29) is 18.2 Å². The Labute approximate surface area is 200 Å². The summed E-state index contributed by atoms with van der Waals surface area (Å²) >= 11 is 6.11. The van der Waals surface area contributed by atoms with E-state index >= 15 is 0 Å². The summed E-state index contributed by atoms with van der Waals surface area (Å²) in [5.41, 5.74) is 1.63. The van der Waals surface area contributed by atoms with Crippen molar-refractivity contribution < 1.29 is 13.2 Å². The maximum absolute atomic E-state index is 13.1. The van der Waals surface area contributed by atoms with E-state index in [0.717, 1.165) is 16.3 Å². The van der Waals surface area contributed by atoms with E-state index < -0.39 is 10.0 Å². The Morgan fingerprint density at radius 3 is 2.52 bits per heavy atom. The number of anilines is 1. The van der Waals surface area contributed by atoms with Gasteiger partial charge in [0.15, 0.2) is 0 Å². The highest BCUT2D eigenvalue weighted by atomic mass is 35.5. The molecule has 1 saturated heterocycles. The van der Waals surface area contributed by atoms with Crippen LogP contribution in [-0.2, 0) is 21.2 Å². The molecule has 1 aliphatic rings. The fraction of sp³-hybridized carbons (Fsp3) is 0.320. The molecule has 0 spiro atoms. The van der Waals surface area contributed by atoms with Gasteiger partial charge >= 0.3 is 0 Å². The van der Waals surface area contributed by atoms with Crippen molar-refractivity contribution in [3.05, 3.63) is 77.3 Å². The summed E-state index contributed by atoms with van der Waals surface area (Å²) in [7, 11) is -3.39. The second kappa shape index (κ2) is 10.7. The molecular weight excluding hydrogens is 458 g/mol. The highest BCUT2D eigenvalue weighted by Gasteiger charge is 2.26. The molecular formula is C25H28ClN3O3S. The van der Waals surface area contributed by atoms with Gasteiger partial charge in [0.1, 0.15) is 0 Å². The normalized spacial score (nSPS) is 15.9. The molecule has 1 amide bonds. The molecule has 0 saturated carbocycles. The van der Waals surface area contributed by atoms with Crippen molar-refractivity contribution in [3.63, 3.8) is 0 Å². The van der Waals surface area contributed by atoms with Crippen LogP contribution >= 0.6 is 11.6 Å². The summed E-state index contributed by atoms with van der Waals surface area (Å²) in [6.45, 7) is 2.25. The van der Waals surface area contributed by atoms with Gasteiger partial charge in [-0.3, -0.25) is 9.69 Å². The molecule has 0 bridgehead atoms. The first kappa shape index (κ1) is 23.7. The number of sulfonamides is 1. The van der Waals surface area contributed by atoms with Gasteiger partial charge in [0.05, 0.1) is 23.0 Å². The number of nitrogens with zero attached hydrogens (tertiary/aromatic N) is 2. The van der Waals surface area contributed by atoms with Crippen molar-refractivity contribution in [1.29, 1.82) is 0 Å². The summed E-state index contributed by atoms with van der Waals surface area (Å²) in [4.78, 5) is 14.4. The highest BCUT2D eigenvalue weighted by Crippen LogP contribution is 2.21. The van der Waals surface area contributed by atoms with E-state index in [9.17, 15) is 13.2 Å². The van der Waals surface area contributed by atoms with Gasteiger partial charge < -0.3 is 5.32 Å². The Kier molecular flexibility index (Phi) is 7.65. The number of carbonyl (C=O) groups is 1. The van der Waals surface area contributed by atoms with Crippen LogP contribution in [0, 0.1) is 0 Å². The first-order chi connectivity index (χ1) is 15.9. The van der Waals surface area contributed by atoms with E-state index in [2.05, 4.69) is 5.32 Å². The van der Waals surface area contributed by atoms with Crippen LogP contribution in [0.5, 0.6) is 0 Å². The summed E-state index contributed by atoms with van der Waals surface area (Å²) in [6, 6.07) is 21.2. The lowest BCUT2D eigenvalue weighted by atomic mass is 10.0. The van der Waals surface area contributed by atoms with Crippen LogP contribution in [0.15, 0.2) is 66.7 Å². The second-order valence-corrected chi connectivity index (χ2v) is 10.8. The number of fused-ring (bicyclic) bond motifs is 1. The Morgan fingerprint density at radius 2 is 1.67 bits per heavy atom. The molecule has 0 aliphatic carbocycles. The Hall–Kier alpha value is -2.45. The lowest BCUT2D eigenvalue weighted by molar-refractivity contribution is -0.117. The first-order valence-corrected chi connectivity index (χ1v) is 13.1. The SMILES string of the molecule is O=C(CN1CCCN(S(=O)(=O)CCc2cccc3ccccc23)CC1)Nc1ccccc1Cl. The number of hydrogen-bond acceptors (Lipinski definition) is 4. The van der Waals surface area contributed by atoms with Crippen molar-refractivity contribution >= 4 is 44.0 Å².